The van der Waals surface area contributed by atoms with E-state index in [1.54, 1.807) is 6.92 Å². The van der Waals surface area contributed by atoms with Crippen molar-refractivity contribution in [2.75, 3.05) is 7.05 Å². The monoisotopic (exact) mass is 396 g/mol. The number of aliphatic carboxylic acids is 1. The highest BCUT2D eigenvalue weighted by molar-refractivity contribution is 6.02. The summed E-state index contributed by atoms with van der Waals surface area (Å²) in [6, 6.07) is 6.98. The van der Waals surface area contributed by atoms with E-state index in [1.165, 1.54) is 6.92 Å². The van der Waals surface area contributed by atoms with Crippen LogP contribution in [0, 0.1) is 23.0 Å². The molecule has 0 amide bonds. The largest absolute Gasteiger partial charge is 0.632 e. The number of hydrogen-bond donors (Lipinski definition) is 0. The van der Waals surface area contributed by atoms with Gasteiger partial charge in [-0.3, -0.25) is 4.79 Å². The Morgan fingerprint density at radius 1 is 1.31 bits per heavy atom. The first-order chi connectivity index (χ1) is 13.7. The average Bonchev–Trinajstić information content (AvgIpc) is 3.06. The number of fused-ring (bicyclic) bond motifs is 2. The maximum Gasteiger partial charge on any atom is 0.302 e. The Labute approximate surface area is 168 Å². The first kappa shape index (κ1) is 17.6. The Morgan fingerprint density at radius 2 is 2.03 bits per heavy atom. The minimum atomic E-state index is -1.15. The summed E-state index contributed by atoms with van der Waals surface area (Å²) >= 11 is 0. The highest BCUT2D eigenvalue weighted by Gasteiger charge is 2.83. The number of nitrogens with zero attached hydrogens (tertiary/aromatic N) is 2. The van der Waals surface area contributed by atoms with Crippen molar-refractivity contribution >= 4 is 23.3 Å². The quantitative estimate of drug-likeness (QED) is 0.313. The number of esters is 1. The molecule has 5 fully saturated rings. The summed E-state index contributed by atoms with van der Waals surface area (Å²) in [5, 5.41) is 26.5. The molecule has 152 valence electrons. The van der Waals surface area contributed by atoms with Crippen molar-refractivity contribution in [1.29, 1.82) is 0 Å². The minimum absolute atomic E-state index is 0.207. The van der Waals surface area contributed by atoms with Crippen LogP contribution in [-0.2, 0) is 19.7 Å². The number of rotatable bonds is 2. The van der Waals surface area contributed by atoms with Crippen LogP contribution in [0.3, 0.4) is 0 Å². The Balaban J connectivity index is 1.67. The molecule has 5 bridgehead atoms. The van der Waals surface area contributed by atoms with Crippen molar-refractivity contribution in [2.45, 2.75) is 56.3 Å². The summed E-state index contributed by atoms with van der Waals surface area (Å²) in [7, 11) is 1.99. The third kappa shape index (κ3) is 1.65. The van der Waals surface area contributed by atoms with Crippen LogP contribution < -0.4 is 5.11 Å². The first-order valence-electron chi connectivity index (χ1n) is 10.4. The van der Waals surface area contributed by atoms with Gasteiger partial charge in [0.1, 0.15) is 18.6 Å². The molecule has 6 aliphatic rings. The Bertz CT molecular complexity index is 1020. The molecule has 29 heavy (non-hydrogen) atoms. The van der Waals surface area contributed by atoms with Gasteiger partial charge in [0.05, 0.1) is 29.9 Å². The molecule has 0 N–H and O–H groups in total. The van der Waals surface area contributed by atoms with E-state index in [4.69, 9.17) is 4.74 Å². The van der Waals surface area contributed by atoms with Gasteiger partial charge in [0.2, 0.25) is 11.4 Å². The maximum atomic E-state index is 14.5. The summed E-state index contributed by atoms with van der Waals surface area (Å²) in [5.41, 5.74) is 2.65. The zero-order valence-corrected chi connectivity index (χ0v) is 16.7. The summed E-state index contributed by atoms with van der Waals surface area (Å²) in [6.07, 6.45) is 0.609. The second-order valence-corrected chi connectivity index (χ2v) is 9.58. The topological polar surface area (TPSA) is 92.5 Å². The van der Waals surface area contributed by atoms with Crippen LogP contribution in [0.4, 0.5) is 5.69 Å². The van der Waals surface area contributed by atoms with E-state index in [9.17, 15) is 19.9 Å². The zero-order chi connectivity index (χ0) is 20.5. The normalized spacial score (nSPS) is 47.9. The molecule has 0 radical (unpaired) electrons. The highest BCUT2D eigenvalue weighted by Crippen LogP contribution is 2.69. The number of para-hydroxylation sites is 1. The summed E-state index contributed by atoms with van der Waals surface area (Å²) in [6.45, 7) is 3.17. The fourth-order valence-electron chi connectivity index (χ4n) is 8.20. The summed E-state index contributed by atoms with van der Waals surface area (Å²) < 4.78 is 7.58. The number of benzene rings is 1. The number of carboxylic acids is 1. The van der Waals surface area contributed by atoms with Crippen LogP contribution >= 0.6 is 0 Å². The molecule has 5 aliphatic heterocycles. The van der Waals surface area contributed by atoms with Crippen LogP contribution in [-0.4, -0.2) is 58.1 Å². The molecular formula is C22H24N2O5. The van der Waals surface area contributed by atoms with E-state index >= 15 is 0 Å². The number of carboxylic acid groups (broad SMARTS) is 1. The maximum absolute atomic E-state index is 14.5. The molecule has 1 aliphatic carbocycles. The van der Waals surface area contributed by atoms with E-state index in [1.807, 2.05) is 19.2 Å². The lowest BCUT2D eigenvalue weighted by molar-refractivity contribution is -0.968. The van der Waals surface area contributed by atoms with Crippen LogP contribution in [0.25, 0.3) is 0 Å². The van der Waals surface area contributed by atoms with Gasteiger partial charge in [-0.15, -0.1) is 0 Å². The predicted octanol–water partition coefficient (Wildman–Crippen LogP) is 0.458. The summed E-state index contributed by atoms with van der Waals surface area (Å²) in [5.74, 6) is -2.80. The van der Waals surface area contributed by atoms with Gasteiger partial charge in [0.25, 0.3) is 0 Å². The van der Waals surface area contributed by atoms with Crippen molar-refractivity contribution in [3.63, 3.8) is 0 Å². The molecule has 7 heteroatoms. The SMILES string of the molecule is CC(=O)OC1C2C3C[C@H]4C5=[N+](C)c6ccccc6[C@]51C[C@@H]2[N+]4([O-])[C@@H](C)[C@@H]3C(=O)[O-]. The van der Waals surface area contributed by atoms with Crippen LogP contribution in [0.1, 0.15) is 32.3 Å². The van der Waals surface area contributed by atoms with Gasteiger partial charge in [-0.2, -0.15) is 4.58 Å². The van der Waals surface area contributed by atoms with Crippen molar-refractivity contribution in [2.24, 2.45) is 17.8 Å². The molecule has 1 spiro atoms. The van der Waals surface area contributed by atoms with Crippen LogP contribution in [0.15, 0.2) is 24.3 Å². The lowest BCUT2D eigenvalue weighted by Crippen LogP contribution is -2.79. The number of hydroxylamine groups is 3. The third-order valence-electron chi connectivity index (χ3n) is 8.87. The minimum Gasteiger partial charge on any atom is -0.632 e. The number of carbonyl (C=O) groups excluding carboxylic acids is 2. The second kappa shape index (κ2) is 5.08. The predicted molar refractivity (Wildman–Crippen MR) is 99.9 cm³/mol. The fraction of sp³-hybridized carbons (Fsp3) is 0.591. The van der Waals surface area contributed by atoms with Gasteiger partial charge in [-0.1, -0.05) is 18.2 Å². The highest BCUT2D eigenvalue weighted by atomic mass is 16.6. The molecular weight excluding hydrogens is 372 g/mol. The Morgan fingerprint density at radius 3 is 2.72 bits per heavy atom. The number of hydrogen-bond acceptors (Lipinski definition) is 5. The molecule has 7 nitrogen and oxygen atoms in total. The molecule has 4 unspecified atom stereocenters. The number of ether oxygens (including phenoxy) is 1. The molecule has 9 atom stereocenters. The third-order valence-corrected chi connectivity index (χ3v) is 8.87. The number of piperidine rings is 4. The lowest BCUT2D eigenvalue weighted by atomic mass is 9.61. The van der Waals surface area contributed by atoms with E-state index in [0.29, 0.717) is 12.8 Å². The van der Waals surface area contributed by atoms with Crippen molar-refractivity contribution in [1.82, 2.24) is 0 Å². The van der Waals surface area contributed by atoms with Crippen LogP contribution in [0.5, 0.6) is 0 Å². The molecule has 4 saturated heterocycles. The summed E-state index contributed by atoms with van der Waals surface area (Å²) in [4.78, 5) is 24.2. The lowest BCUT2D eigenvalue weighted by Gasteiger charge is -2.69. The molecule has 1 aromatic rings. The molecule has 1 saturated carbocycles. The number of quaternary nitrogens is 1. The van der Waals surface area contributed by atoms with Gasteiger partial charge in [-0.05, 0) is 12.8 Å². The van der Waals surface area contributed by atoms with Gasteiger partial charge in [-0.25, -0.2) is 0 Å². The van der Waals surface area contributed by atoms with Gasteiger partial charge in [0.15, 0.2) is 6.04 Å². The first-order valence-corrected chi connectivity index (χ1v) is 10.4. The molecule has 0 aromatic heterocycles. The zero-order valence-electron chi connectivity index (χ0n) is 16.7. The van der Waals surface area contributed by atoms with E-state index in [-0.39, 0.29) is 29.9 Å². The molecule has 7 rings (SSSR count). The van der Waals surface area contributed by atoms with Gasteiger partial charge in [0, 0.05) is 31.4 Å². The van der Waals surface area contributed by atoms with Gasteiger partial charge < -0.3 is 24.5 Å². The molecule has 1 aromatic carbocycles. The van der Waals surface area contributed by atoms with E-state index in [0.717, 1.165) is 17.0 Å². The van der Waals surface area contributed by atoms with Crippen molar-refractivity contribution in [3.8, 4) is 0 Å². The van der Waals surface area contributed by atoms with Crippen molar-refractivity contribution < 1.29 is 28.7 Å². The Kier molecular flexibility index (Phi) is 3.08. The van der Waals surface area contributed by atoms with E-state index in [2.05, 4.69) is 16.7 Å². The standard InChI is InChI=1S/C22H24N2O5/c1-10-17(21(26)27)12-8-15-19-22(13-6-4-5-7-14(13)23(19)3)9-16(24(10,15)28)18(12)20(22)29-11(2)25/h4-7,10,12,15-18,20H,8-9H2,1-3H3/t10-,12?,15-,16-,17-,18?,20?,22+,24?/m0/s1. The van der Waals surface area contributed by atoms with Crippen LogP contribution in [0.2, 0.25) is 0 Å². The number of carbonyl (C=O) groups is 2. The smallest absolute Gasteiger partial charge is 0.302 e. The van der Waals surface area contributed by atoms with Gasteiger partial charge >= 0.3 is 5.97 Å². The Hall–Kier alpha value is -2.25. The second-order valence-electron chi connectivity index (χ2n) is 9.58. The molecule has 5 heterocycles. The van der Waals surface area contributed by atoms with Crippen molar-refractivity contribution in [3.05, 3.63) is 35.0 Å². The van der Waals surface area contributed by atoms with E-state index < -0.39 is 34.1 Å². The average molecular weight is 396 g/mol. The fourth-order valence-corrected chi connectivity index (χ4v) is 8.20.